The molecular formula is C17H17NO2S. The van der Waals surface area contributed by atoms with Crippen LogP contribution in [-0.2, 0) is 0 Å². The Hall–Kier alpha value is -1.94. The smallest absolute Gasteiger partial charge is 0.251 e. The van der Waals surface area contributed by atoms with Gasteiger partial charge in [-0.3, -0.25) is 4.79 Å². The van der Waals surface area contributed by atoms with Crippen molar-refractivity contribution in [1.82, 2.24) is 5.32 Å². The molecule has 0 saturated carbocycles. The number of nitrogens with one attached hydrogen (secondary N) is 1. The van der Waals surface area contributed by atoms with Crippen molar-refractivity contribution < 1.29 is 9.53 Å². The summed E-state index contributed by atoms with van der Waals surface area (Å²) in [7, 11) is 0. The van der Waals surface area contributed by atoms with Crippen molar-refractivity contribution in [2.24, 2.45) is 0 Å². The third kappa shape index (κ3) is 3.05. The largest absolute Gasteiger partial charge is 0.455 e. The lowest BCUT2D eigenvalue weighted by molar-refractivity contribution is 0.0952. The zero-order valence-corrected chi connectivity index (χ0v) is 12.7. The topological polar surface area (TPSA) is 38.3 Å². The van der Waals surface area contributed by atoms with Gasteiger partial charge in [-0.15, -0.1) is 0 Å². The molecule has 1 N–H and O–H groups in total. The molecule has 0 fully saturated rings. The molecule has 4 heteroatoms. The van der Waals surface area contributed by atoms with Crippen molar-refractivity contribution in [3.8, 4) is 11.5 Å². The number of carbonyl (C=O) groups excluding carboxylic acids is 1. The minimum absolute atomic E-state index is 0.0429. The number of hydrogen-bond donors (Lipinski definition) is 1. The van der Waals surface area contributed by atoms with Gasteiger partial charge in [-0.05, 0) is 36.8 Å². The summed E-state index contributed by atoms with van der Waals surface area (Å²) >= 11 is 1.67. The van der Waals surface area contributed by atoms with Crippen LogP contribution in [0.5, 0.6) is 11.5 Å². The Morgan fingerprint density at radius 3 is 2.81 bits per heavy atom. The van der Waals surface area contributed by atoms with E-state index in [1.165, 1.54) is 0 Å². The van der Waals surface area contributed by atoms with Gasteiger partial charge in [-0.25, -0.2) is 0 Å². The van der Waals surface area contributed by atoms with Crippen molar-refractivity contribution in [3.05, 3.63) is 48.0 Å². The zero-order valence-electron chi connectivity index (χ0n) is 11.9. The molecule has 0 atom stereocenters. The third-order valence-corrected chi connectivity index (χ3v) is 4.43. The van der Waals surface area contributed by atoms with E-state index in [1.54, 1.807) is 11.8 Å². The highest BCUT2D eigenvalue weighted by Crippen LogP contribution is 2.46. The van der Waals surface area contributed by atoms with Crippen LogP contribution in [0.25, 0.3) is 0 Å². The van der Waals surface area contributed by atoms with Gasteiger partial charge in [0.2, 0.25) is 0 Å². The minimum atomic E-state index is -0.0429. The Bertz CT molecular complexity index is 670. The summed E-state index contributed by atoms with van der Waals surface area (Å²) in [5.74, 6) is 1.55. The van der Waals surface area contributed by atoms with Crippen LogP contribution >= 0.6 is 11.8 Å². The van der Waals surface area contributed by atoms with Gasteiger partial charge in [0.1, 0.15) is 11.5 Å². The first-order valence-corrected chi connectivity index (χ1v) is 7.96. The summed E-state index contributed by atoms with van der Waals surface area (Å²) in [5, 5.41) is 2.92. The molecular weight excluding hydrogens is 282 g/mol. The lowest BCUT2D eigenvalue weighted by atomic mass is 10.2. The number of benzene rings is 2. The first kappa shape index (κ1) is 14.0. The molecule has 108 valence electrons. The number of ether oxygens (including phenoxy) is 1. The summed E-state index contributed by atoms with van der Waals surface area (Å²) in [6.07, 6.45) is 2.07. The summed E-state index contributed by atoms with van der Waals surface area (Å²) in [6, 6.07) is 13.5. The van der Waals surface area contributed by atoms with Crippen LogP contribution in [0.2, 0.25) is 0 Å². The standard InChI is InChI=1S/C17H17NO2S/c1-2-3-10-18-17(19)12-8-9-16-14(11-12)20-13-6-4-5-7-15(13)21-16/h4-9,11H,2-3,10H2,1H3,(H,18,19). The van der Waals surface area contributed by atoms with E-state index in [0.717, 1.165) is 34.1 Å². The number of fused-ring (bicyclic) bond motifs is 2. The molecule has 3 nitrogen and oxygen atoms in total. The molecule has 1 amide bonds. The van der Waals surface area contributed by atoms with E-state index in [1.807, 2.05) is 42.5 Å². The molecule has 2 aromatic carbocycles. The maximum Gasteiger partial charge on any atom is 0.251 e. The molecule has 21 heavy (non-hydrogen) atoms. The van der Waals surface area contributed by atoms with Gasteiger partial charge >= 0.3 is 0 Å². The normalized spacial score (nSPS) is 12.0. The zero-order chi connectivity index (χ0) is 14.7. The van der Waals surface area contributed by atoms with Gasteiger partial charge in [0.25, 0.3) is 5.91 Å². The number of hydrogen-bond acceptors (Lipinski definition) is 3. The molecule has 1 aliphatic rings. The fourth-order valence-corrected chi connectivity index (χ4v) is 3.08. The predicted molar refractivity (Wildman–Crippen MR) is 84.3 cm³/mol. The molecule has 0 spiro atoms. The van der Waals surface area contributed by atoms with Gasteiger partial charge in [0.05, 0.1) is 9.79 Å². The lowest BCUT2D eigenvalue weighted by Gasteiger charge is -2.19. The second kappa shape index (κ2) is 6.22. The second-order valence-electron chi connectivity index (χ2n) is 4.92. The fraction of sp³-hybridized carbons (Fsp3) is 0.235. The average molecular weight is 299 g/mol. The molecule has 1 aliphatic heterocycles. The Morgan fingerprint density at radius 1 is 1.14 bits per heavy atom. The minimum Gasteiger partial charge on any atom is -0.455 e. The van der Waals surface area contributed by atoms with Crippen molar-refractivity contribution in [1.29, 1.82) is 0 Å². The molecule has 0 aromatic heterocycles. The number of para-hydroxylation sites is 1. The predicted octanol–water partition coefficient (Wildman–Crippen LogP) is 4.47. The lowest BCUT2D eigenvalue weighted by Crippen LogP contribution is -2.24. The fourth-order valence-electron chi connectivity index (χ4n) is 2.15. The molecule has 0 saturated heterocycles. The van der Waals surface area contributed by atoms with E-state index in [-0.39, 0.29) is 5.91 Å². The van der Waals surface area contributed by atoms with Crippen LogP contribution in [0.3, 0.4) is 0 Å². The molecule has 0 bridgehead atoms. The molecule has 0 radical (unpaired) electrons. The quantitative estimate of drug-likeness (QED) is 0.722. The number of rotatable bonds is 4. The van der Waals surface area contributed by atoms with Crippen LogP contribution in [-0.4, -0.2) is 12.5 Å². The molecule has 1 heterocycles. The van der Waals surface area contributed by atoms with E-state index in [2.05, 4.69) is 12.2 Å². The van der Waals surface area contributed by atoms with Crippen LogP contribution < -0.4 is 10.1 Å². The molecule has 0 unspecified atom stereocenters. The highest BCUT2D eigenvalue weighted by molar-refractivity contribution is 7.99. The first-order chi connectivity index (χ1) is 10.3. The van der Waals surface area contributed by atoms with Crippen molar-refractivity contribution in [2.45, 2.75) is 29.6 Å². The highest BCUT2D eigenvalue weighted by Gasteiger charge is 2.18. The van der Waals surface area contributed by atoms with E-state index in [4.69, 9.17) is 4.74 Å². The van der Waals surface area contributed by atoms with Crippen LogP contribution in [0.4, 0.5) is 0 Å². The van der Waals surface area contributed by atoms with Crippen LogP contribution in [0.15, 0.2) is 52.3 Å². The Labute approximate surface area is 128 Å². The number of amides is 1. The maximum atomic E-state index is 12.1. The van der Waals surface area contributed by atoms with Crippen molar-refractivity contribution >= 4 is 17.7 Å². The van der Waals surface area contributed by atoms with Gasteiger partial charge < -0.3 is 10.1 Å². The highest BCUT2D eigenvalue weighted by atomic mass is 32.2. The second-order valence-corrected chi connectivity index (χ2v) is 6.01. The van der Waals surface area contributed by atoms with Crippen LogP contribution in [0.1, 0.15) is 30.1 Å². The Morgan fingerprint density at radius 2 is 1.95 bits per heavy atom. The van der Waals surface area contributed by atoms with Gasteiger partial charge in [-0.1, -0.05) is 37.2 Å². The first-order valence-electron chi connectivity index (χ1n) is 7.15. The SMILES string of the molecule is CCCCNC(=O)c1ccc2c(c1)Oc1ccccc1S2. The number of unbranched alkanes of at least 4 members (excludes halogenated alkanes) is 1. The van der Waals surface area contributed by atoms with E-state index in [9.17, 15) is 4.79 Å². The van der Waals surface area contributed by atoms with Gasteiger partial charge in [0.15, 0.2) is 0 Å². The van der Waals surface area contributed by atoms with Crippen LogP contribution in [0, 0.1) is 0 Å². The number of carbonyl (C=O) groups is 1. The van der Waals surface area contributed by atoms with Crippen molar-refractivity contribution in [3.63, 3.8) is 0 Å². The molecule has 3 rings (SSSR count). The maximum absolute atomic E-state index is 12.1. The monoisotopic (exact) mass is 299 g/mol. The van der Waals surface area contributed by atoms with E-state index in [0.29, 0.717) is 12.1 Å². The summed E-state index contributed by atoms with van der Waals surface area (Å²) in [6.45, 7) is 2.82. The Balaban J connectivity index is 1.78. The van der Waals surface area contributed by atoms with E-state index < -0.39 is 0 Å². The summed E-state index contributed by atoms with van der Waals surface area (Å²) in [4.78, 5) is 14.2. The molecule has 0 aliphatic carbocycles. The summed E-state index contributed by atoms with van der Waals surface area (Å²) in [5.41, 5.74) is 0.643. The summed E-state index contributed by atoms with van der Waals surface area (Å²) < 4.78 is 5.89. The van der Waals surface area contributed by atoms with Gasteiger partial charge in [-0.2, -0.15) is 0 Å². The Kier molecular flexibility index (Phi) is 4.15. The van der Waals surface area contributed by atoms with E-state index >= 15 is 0 Å². The average Bonchev–Trinajstić information content (AvgIpc) is 2.52. The van der Waals surface area contributed by atoms with Crippen molar-refractivity contribution in [2.75, 3.05) is 6.54 Å². The molecule has 2 aromatic rings. The van der Waals surface area contributed by atoms with Gasteiger partial charge in [0, 0.05) is 12.1 Å². The third-order valence-electron chi connectivity index (χ3n) is 3.31.